The van der Waals surface area contributed by atoms with Gasteiger partial charge < -0.3 is 9.32 Å². The lowest BCUT2D eigenvalue weighted by Gasteiger charge is -2.30. The molecule has 0 saturated carbocycles. The van der Waals surface area contributed by atoms with Gasteiger partial charge in [-0.3, -0.25) is 0 Å². The first-order chi connectivity index (χ1) is 26.5. The number of para-hydroxylation sites is 1. The van der Waals surface area contributed by atoms with E-state index >= 15 is 0 Å². The van der Waals surface area contributed by atoms with Crippen LogP contribution in [-0.2, 0) is 5.41 Å². The average molecular weight is 712 g/mol. The standard InChI is InChI=1S/C51H37NOS/c1-51(2)43-20-9-6-15-37(43)38-28-27-35(31-44(38)51)52(34-25-23-32(24-26-34)36-18-12-19-42-40-17-8-11-22-47(40)54-50(36)42)45-30-29-41-39-16-7-10-21-46(39)53-49(41)48(45)33-13-4-3-5-14-33/h3-31,40,47H,1-2H3. The molecule has 0 N–H and O–H groups in total. The molecule has 0 saturated heterocycles. The van der Waals surface area contributed by atoms with Crippen molar-refractivity contribution in [2.24, 2.45) is 0 Å². The molecule has 54 heavy (non-hydrogen) atoms. The van der Waals surface area contributed by atoms with Gasteiger partial charge in [0.05, 0.1) is 5.69 Å². The van der Waals surface area contributed by atoms with Gasteiger partial charge in [0.2, 0.25) is 0 Å². The van der Waals surface area contributed by atoms with E-state index in [2.05, 4.69) is 189 Å². The van der Waals surface area contributed by atoms with Gasteiger partial charge in [0.25, 0.3) is 0 Å². The number of thioether (sulfide) groups is 1. The molecule has 2 atom stereocenters. The highest BCUT2D eigenvalue weighted by Crippen LogP contribution is 2.54. The Bertz CT molecular complexity index is 2840. The summed E-state index contributed by atoms with van der Waals surface area (Å²) in [6.07, 6.45) is 9.08. The van der Waals surface area contributed by atoms with Crippen LogP contribution in [0.4, 0.5) is 17.1 Å². The molecule has 1 aliphatic heterocycles. The molecular formula is C51H37NOS. The number of hydrogen-bond donors (Lipinski definition) is 0. The third-order valence-electron chi connectivity index (χ3n) is 11.8. The number of nitrogens with zero attached hydrogens (tertiary/aromatic N) is 1. The summed E-state index contributed by atoms with van der Waals surface area (Å²) in [6, 6.07) is 55.6. The van der Waals surface area contributed by atoms with Gasteiger partial charge in [-0.25, -0.2) is 0 Å². The first-order valence-corrected chi connectivity index (χ1v) is 19.7. The van der Waals surface area contributed by atoms with Crippen LogP contribution < -0.4 is 4.90 Å². The van der Waals surface area contributed by atoms with Gasteiger partial charge in [-0.1, -0.05) is 147 Å². The number of rotatable bonds is 5. The fraction of sp³-hybridized carbons (Fsp3) is 0.0980. The zero-order valence-corrected chi connectivity index (χ0v) is 31.0. The second-order valence-corrected chi connectivity index (χ2v) is 16.4. The maximum Gasteiger partial charge on any atom is 0.145 e. The number of hydrogen-bond acceptors (Lipinski definition) is 3. The molecule has 1 aromatic heterocycles. The zero-order valence-electron chi connectivity index (χ0n) is 30.2. The third-order valence-corrected chi connectivity index (χ3v) is 13.2. The van der Waals surface area contributed by atoms with E-state index in [0.29, 0.717) is 11.2 Å². The fourth-order valence-electron chi connectivity index (χ4n) is 9.19. The van der Waals surface area contributed by atoms with Crippen LogP contribution in [0.25, 0.3) is 55.3 Å². The summed E-state index contributed by atoms with van der Waals surface area (Å²) in [5.74, 6) is 0.435. The molecule has 3 aliphatic rings. The van der Waals surface area contributed by atoms with Crippen LogP contribution in [0.3, 0.4) is 0 Å². The van der Waals surface area contributed by atoms with Gasteiger partial charge in [0.1, 0.15) is 11.2 Å². The molecule has 2 nitrogen and oxygen atoms in total. The highest BCUT2D eigenvalue weighted by molar-refractivity contribution is 8.00. The van der Waals surface area contributed by atoms with E-state index in [4.69, 9.17) is 4.42 Å². The minimum atomic E-state index is -0.130. The summed E-state index contributed by atoms with van der Waals surface area (Å²) < 4.78 is 6.77. The van der Waals surface area contributed by atoms with Crippen molar-refractivity contribution in [3.05, 3.63) is 193 Å². The van der Waals surface area contributed by atoms with Crippen LogP contribution in [0, 0.1) is 0 Å². The molecular weight excluding hydrogens is 675 g/mol. The van der Waals surface area contributed by atoms with E-state index in [1.807, 2.05) is 17.8 Å². The van der Waals surface area contributed by atoms with E-state index in [0.717, 1.165) is 50.1 Å². The normalized spacial score (nSPS) is 17.4. The predicted molar refractivity (Wildman–Crippen MR) is 228 cm³/mol. The zero-order chi connectivity index (χ0) is 36.0. The van der Waals surface area contributed by atoms with Crippen LogP contribution in [0.15, 0.2) is 185 Å². The minimum absolute atomic E-state index is 0.130. The Morgan fingerprint density at radius 1 is 0.574 bits per heavy atom. The summed E-state index contributed by atoms with van der Waals surface area (Å²) in [5.41, 5.74) is 16.5. The Labute approximate surface area is 320 Å². The first-order valence-electron chi connectivity index (χ1n) is 18.8. The molecule has 3 heteroatoms. The molecule has 258 valence electrons. The van der Waals surface area contributed by atoms with Crippen molar-refractivity contribution in [1.29, 1.82) is 0 Å². The highest BCUT2D eigenvalue weighted by atomic mass is 32.2. The van der Waals surface area contributed by atoms with Crippen molar-refractivity contribution in [2.45, 2.75) is 35.3 Å². The molecule has 2 unspecified atom stereocenters. The molecule has 8 aromatic rings. The van der Waals surface area contributed by atoms with Gasteiger partial charge in [0.15, 0.2) is 0 Å². The second kappa shape index (κ2) is 12.0. The second-order valence-electron chi connectivity index (χ2n) is 15.2. The van der Waals surface area contributed by atoms with Crippen molar-refractivity contribution in [3.8, 4) is 33.4 Å². The Morgan fingerprint density at radius 3 is 2.20 bits per heavy atom. The van der Waals surface area contributed by atoms with E-state index in [9.17, 15) is 0 Å². The van der Waals surface area contributed by atoms with E-state index in [-0.39, 0.29) is 5.41 Å². The molecule has 7 aromatic carbocycles. The van der Waals surface area contributed by atoms with Gasteiger partial charge in [-0.2, -0.15) is 0 Å². The first kappa shape index (κ1) is 31.5. The Balaban J connectivity index is 1.12. The summed E-state index contributed by atoms with van der Waals surface area (Å²) in [5, 5.41) is 2.71. The molecule has 11 rings (SSSR count). The van der Waals surface area contributed by atoms with Gasteiger partial charge in [0, 0.05) is 49.2 Å². The van der Waals surface area contributed by atoms with Gasteiger partial charge in [-0.15, -0.1) is 11.8 Å². The molecule has 2 heterocycles. The SMILES string of the molecule is CC1(C)c2ccccc2-c2ccc(N(c3ccc(-c4cccc5c4SC4C=CC=CC54)cc3)c3ccc4c(oc5ccccc54)c3-c3ccccc3)cc21. The molecule has 0 fully saturated rings. The van der Waals surface area contributed by atoms with Crippen LogP contribution in [0.5, 0.6) is 0 Å². The fourth-order valence-corrected chi connectivity index (χ4v) is 10.7. The lowest BCUT2D eigenvalue weighted by molar-refractivity contribution is 0.660. The molecule has 0 amide bonds. The quantitative estimate of drug-likeness (QED) is 0.177. The van der Waals surface area contributed by atoms with Crippen LogP contribution in [-0.4, -0.2) is 5.25 Å². The lowest BCUT2D eigenvalue weighted by Crippen LogP contribution is -2.17. The largest absolute Gasteiger partial charge is 0.455 e. The summed E-state index contributed by atoms with van der Waals surface area (Å²) in [4.78, 5) is 3.84. The number of furan rings is 1. The van der Waals surface area contributed by atoms with E-state index in [1.165, 1.54) is 43.8 Å². The number of anilines is 3. The van der Waals surface area contributed by atoms with Crippen LogP contribution in [0.1, 0.15) is 36.5 Å². The Hall–Kier alpha value is -6.03. The van der Waals surface area contributed by atoms with Crippen molar-refractivity contribution >= 4 is 50.8 Å². The Kier molecular flexibility index (Phi) is 6.99. The third kappa shape index (κ3) is 4.68. The average Bonchev–Trinajstić information content (AvgIpc) is 3.86. The van der Waals surface area contributed by atoms with E-state index in [1.54, 1.807) is 0 Å². The number of allylic oxidation sites excluding steroid dienone is 3. The summed E-state index contributed by atoms with van der Waals surface area (Å²) >= 11 is 2.00. The molecule has 0 radical (unpaired) electrons. The molecule has 2 aliphatic carbocycles. The van der Waals surface area contributed by atoms with Crippen LogP contribution in [0.2, 0.25) is 0 Å². The van der Waals surface area contributed by atoms with E-state index < -0.39 is 0 Å². The van der Waals surface area contributed by atoms with Crippen LogP contribution >= 0.6 is 11.8 Å². The number of fused-ring (bicyclic) bond motifs is 9. The summed E-state index contributed by atoms with van der Waals surface area (Å²) in [6.45, 7) is 4.71. The smallest absolute Gasteiger partial charge is 0.145 e. The van der Waals surface area contributed by atoms with Gasteiger partial charge in [-0.05, 0) is 87.0 Å². The van der Waals surface area contributed by atoms with Gasteiger partial charge >= 0.3 is 0 Å². The van der Waals surface area contributed by atoms with Crippen molar-refractivity contribution in [1.82, 2.24) is 0 Å². The van der Waals surface area contributed by atoms with Crippen molar-refractivity contribution in [2.75, 3.05) is 4.90 Å². The maximum absolute atomic E-state index is 6.77. The highest BCUT2D eigenvalue weighted by Gasteiger charge is 2.36. The molecule has 0 bridgehead atoms. The Morgan fingerprint density at radius 2 is 1.31 bits per heavy atom. The predicted octanol–water partition coefficient (Wildman–Crippen LogP) is 14.4. The summed E-state index contributed by atoms with van der Waals surface area (Å²) in [7, 11) is 0. The molecule has 0 spiro atoms. The number of benzene rings is 7. The maximum atomic E-state index is 6.77. The lowest BCUT2D eigenvalue weighted by atomic mass is 9.82. The monoisotopic (exact) mass is 711 g/mol. The van der Waals surface area contributed by atoms with Crippen molar-refractivity contribution < 1.29 is 4.42 Å². The topological polar surface area (TPSA) is 16.4 Å². The van der Waals surface area contributed by atoms with Crippen molar-refractivity contribution in [3.63, 3.8) is 0 Å². The minimum Gasteiger partial charge on any atom is -0.455 e.